The van der Waals surface area contributed by atoms with Crippen LogP contribution in [0.15, 0.2) is 6.33 Å². The van der Waals surface area contributed by atoms with E-state index in [0.29, 0.717) is 0 Å². The van der Waals surface area contributed by atoms with Crippen molar-refractivity contribution in [2.24, 2.45) is 5.92 Å². The first-order chi connectivity index (χ1) is 10.4. The van der Waals surface area contributed by atoms with Crippen LogP contribution in [0.2, 0.25) is 0 Å². The molecular weight excluding hydrogens is 260 g/mol. The fourth-order valence-corrected chi connectivity index (χ4v) is 3.75. The molecule has 4 heteroatoms. The predicted octanol–water partition coefficient (Wildman–Crippen LogP) is 2.32. The molecule has 1 aliphatic heterocycles. The minimum atomic E-state index is 0.844. The normalized spacial score (nSPS) is 23.1. The van der Waals surface area contributed by atoms with E-state index in [1.165, 1.54) is 81.7 Å². The van der Waals surface area contributed by atoms with E-state index in [-0.39, 0.29) is 0 Å². The molecule has 21 heavy (non-hydrogen) atoms. The molecule has 1 aromatic heterocycles. The van der Waals surface area contributed by atoms with E-state index in [9.17, 15) is 0 Å². The zero-order chi connectivity index (χ0) is 14.1. The second kappa shape index (κ2) is 5.91. The van der Waals surface area contributed by atoms with Gasteiger partial charge in [-0.25, -0.2) is 9.97 Å². The third-order valence-electron chi connectivity index (χ3n) is 5.29. The second-order valence-electron chi connectivity index (χ2n) is 6.94. The number of nitrogens with one attached hydrogen (secondary N) is 1. The summed E-state index contributed by atoms with van der Waals surface area (Å²) in [6.07, 6.45) is 12.1. The van der Waals surface area contributed by atoms with Crippen LogP contribution in [-0.2, 0) is 12.8 Å². The Hall–Kier alpha value is -1.16. The molecule has 1 saturated heterocycles. The van der Waals surface area contributed by atoms with E-state index >= 15 is 0 Å². The van der Waals surface area contributed by atoms with Crippen molar-refractivity contribution < 1.29 is 0 Å². The quantitative estimate of drug-likeness (QED) is 0.922. The molecular formula is C17H26N4. The molecule has 4 nitrogen and oxygen atoms in total. The lowest BCUT2D eigenvalue weighted by molar-refractivity contribution is 0.380. The molecule has 2 fully saturated rings. The summed E-state index contributed by atoms with van der Waals surface area (Å²) < 4.78 is 0. The van der Waals surface area contributed by atoms with Gasteiger partial charge in [-0.15, -0.1) is 0 Å². The summed E-state index contributed by atoms with van der Waals surface area (Å²) >= 11 is 0. The fraction of sp³-hybridized carbons (Fsp3) is 0.765. The van der Waals surface area contributed by atoms with Crippen molar-refractivity contribution in [3.63, 3.8) is 0 Å². The number of rotatable bonds is 4. The number of hydrogen-bond acceptors (Lipinski definition) is 4. The first-order valence-corrected chi connectivity index (χ1v) is 8.71. The van der Waals surface area contributed by atoms with Crippen LogP contribution in [-0.4, -0.2) is 35.6 Å². The summed E-state index contributed by atoms with van der Waals surface area (Å²) in [6, 6.07) is 0.844. The molecule has 1 N–H and O–H groups in total. The zero-order valence-corrected chi connectivity index (χ0v) is 12.9. The maximum Gasteiger partial charge on any atom is 0.135 e. The summed E-state index contributed by atoms with van der Waals surface area (Å²) in [5.74, 6) is 2.10. The average molecular weight is 286 g/mol. The van der Waals surface area contributed by atoms with Gasteiger partial charge in [0, 0.05) is 30.4 Å². The Labute approximate surface area is 127 Å². The van der Waals surface area contributed by atoms with E-state index in [0.717, 1.165) is 18.4 Å². The van der Waals surface area contributed by atoms with Gasteiger partial charge in [0.25, 0.3) is 0 Å². The van der Waals surface area contributed by atoms with Gasteiger partial charge in [-0.1, -0.05) is 0 Å². The van der Waals surface area contributed by atoms with Gasteiger partial charge in [0.15, 0.2) is 0 Å². The molecule has 3 aliphatic rings. The molecule has 0 spiro atoms. The molecule has 0 atom stereocenters. The molecule has 2 aliphatic carbocycles. The van der Waals surface area contributed by atoms with Gasteiger partial charge in [-0.2, -0.15) is 0 Å². The van der Waals surface area contributed by atoms with Gasteiger partial charge in [0.1, 0.15) is 12.1 Å². The van der Waals surface area contributed by atoms with Crippen LogP contribution >= 0.6 is 0 Å². The Morgan fingerprint density at radius 2 is 1.86 bits per heavy atom. The van der Waals surface area contributed by atoms with Crippen molar-refractivity contribution in [1.29, 1.82) is 0 Å². The number of fused-ring (bicyclic) bond motifs is 1. The van der Waals surface area contributed by atoms with Crippen molar-refractivity contribution >= 4 is 5.82 Å². The van der Waals surface area contributed by atoms with Crippen LogP contribution in [0.5, 0.6) is 0 Å². The van der Waals surface area contributed by atoms with Gasteiger partial charge in [-0.05, 0) is 63.8 Å². The molecule has 1 saturated carbocycles. The molecule has 2 heterocycles. The highest BCUT2D eigenvalue weighted by Gasteiger charge is 2.26. The highest BCUT2D eigenvalue weighted by atomic mass is 15.2. The molecule has 4 rings (SSSR count). The Kier molecular flexibility index (Phi) is 3.80. The molecule has 114 valence electrons. The number of aromatic nitrogens is 2. The topological polar surface area (TPSA) is 41.1 Å². The fourth-order valence-electron chi connectivity index (χ4n) is 3.75. The van der Waals surface area contributed by atoms with Gasteiger partial charge in [0.2, 0.25) is 0 Å². The highest BCUT2D eigenvalue weighted by molar-refractivity contribution is 5.49. The lowest BCUT2D eigenvalue weighted by atomic mass is 9.93. The third kappa shape index (κ3) is 3.05. The van der Waals surface area contributed by atoms with Crippen molar-refractivity contribution in [2.75, 3.05) is 24.5 Å². The monoisotopic (exact) mass is 286 g/mol. The second-order valence-corrected chi connectivity index (χ2v) is 6.94. The zero-order valence-electron chi connectivity index (χ0n) is 12.9. The van der Waals surface area contributed by atoms with Crippen LogP contribution in [0, 0.1) is 5.92 Å². The van der Waals surface area contributed by atoms with Crippen LogP contribution in [0.25, 0.3) is 0 Å². The van der Waals surface area contributed by atoms with Crippen LogP contribution in [0.1, 0.15) is 49.8 Å². The van der Waals surface area contributed by atoms with Crippen molar-refractivity contribution in [3.05, 3.63) is 17.6 Å². The first kappa shape index (κ1) is 13.5. The smallest absolute Gasteiger partial charge is 0.135 e. The maximum atomic E-state index is 4.62. The van der Waals surface area contributed by atoms with E-state index < -0.39 is 0 Å². The van der Waals surface area contributed by atoms with Crippen molar-refractivity contribution in [2.45, 2.75) is 57.4 Å². The predicted molar refractivity (Wildman–Crippen MR) is 84.6 cm³/mol. The summed E-state index contributed by atoms with van der Waals surface area (Å²) in [4.78, 5) is 11.6. The molecule has 0 bridgehead atoms. The van der Waals surface area contributed by atoms with Gasteiger partial charge in [-0.3, -0.25) is 0 Å². The SMILES string of the molecule is c1nc2c(c(N3CCC(CNC4CC4)CC3)n1)CCCC2. The van der Waals surface area contributed by atoms with Gasteiger partial charge < -0.3 is 10.2 Å². The van der Waals surface area contributed by atoms with Crippen LogP contribution in [0.4, 0.5) is 5.82 Å². The summed E-state index contributed by atoms with van der Waals surface area (Å²) in [6.45, 7) is 3.56. The molecule has 1 aromatic rings. The minimum absolute atomic E-state index is 0.844. The van der Waals surface area contributed by atoms with E-state index in [1.54, 1.807) is 6.33 Å². The summed E-state index contributed by atoms with van der Waals surface area (Å²) in [5, 5.41) is 3.69. The van der Waals surface area contributed by atoms with Crippen molar-refractivity contribution in [1.82, 2.24) is 15.3 Å². The highest BCUT2D eigenvalue weighted by Crippen LogP contribution is 2.30. The Morgan fingerprint density at radius 3 is 2.67 bits per heavy atom. The van der Waals surface area contributed by atoms with Crippen LogP contribution in [0.3, 0.4) is 0 Å². The van der Waals surface area contributed by atoms with Gasteiger partial charge in [0.05, 0.1) is 0 Å². The number of aryl methyl sites for hydroxylation is 1. The van der Waals surface area contributed by atoms with Gasteiger partial charge >= 0.3 is 0 Å². The van der Waals surface area contributed by atoms with Crippen molar-refractivity contribution in [3.8, 4) is 0 Å². The summed E-state index contributed by atoms with van der Waals surface area (Å²) in [7, 11) is 0. The Balaban J connectivity index is 1.39. The molecule has 0 amide bonds. The lowest BCUT2D eigenvalue weighted by Gasteiger charge is -2.34. The standard InChI is InChI=1S/C17H26N4/c1-2-4-16-15(3-1)17(20-12-19-16)21-9-7-13(8-10-21)11-18-14-5-6-14/h12-14,18H,1-11H2. The van der Waals surface area contributed by atoms with E-state index in [4.69, 9.17) is 0 Å². The lowest BCUT2D eigenvalue weighted by Crippen LogP contribution is -2.38. The Bertz CT molecular complexity index is 490. The molecule has 0 unspecified atom stereocenters. The first-order valence-electron chi connectivity index (χ1n) is 8.71. The third-order valence-corrected chi connectivity index (χ3v) is 5.29. The summed E-state index contributed by atoms with van der Waals surface area (Å²) in [5.41, 5.74) is 2.75. The maximum absolute atomic E-state index is 4.62. The number of anilines is 1. The minimum Gasteiger partial charge on any atom is -0.356 e. The van der Waals surface area contributed by atoms with Crippen LogP contribution < -0.4 is 10.2 Å². The number of hydrogen-bond donors (Lipinski definition) is 1. The molecule has 0 aromatic carbocycles. The van der Waals surface area contributed by atoms with E-state index in [2.05, 4.69) is 20.2 Å². The average Bonchev–Trinajstić information content (AvgIpc) is 3.37. The van der Waals surface area contributed by atoms with E-state index in [1.807, 2.05) is 0 Å². The number of nitrogens with zero attached hydrogens (tertiary/aromatic N) is 3. The number of piperidine rings is 1. The largest absolute Gasteiger partial charge is 0.356 e. The Morgan fingerprint density at radius 1 is 1.05 bits per heavy atom. The molecule has 0 radical (unpaired) electrons.